The second kappa shape index (κ2) is 5.43. The number of rotatable bonds is 4. The zero-order valence-electron chi connectivity index (χ0n) is 11.2. The highest BCUT2D eigenvalue weighted by Gasteiger charge is 2.28. The lowest BCUT2D eigenvalue weighted by Gasteiger charge is -2.22. The van der Waals surface area contributed by atoms with Gasteiger partial charge in [-0.05, 0) is 28.9 Å². The van der Waals surface area contributed by atoms with E-state index in [1.807, 2.05) is 13.8 Å². The van der Waals surface area contributed by atoms with Crippen LogP contribution in [0.15, 0.2) is 22.7 Å². The van der Waals surface area contributed by atoms with Crippen molar-refractivity contribution in [2.75, 3.05) is 13.9 Å². The lowest BCUT2D eigenvalue weighted by atomic mass is 9.92. The maximum atomic E-state index is 10.4. The fourth-order valence-electron chi connectivity index (χ4n) is 1.94. The van der Waals surface area contributed by atoms with Crippen LogP contribution >= 0.6 is 15.9 Å². The van der Waals surface area contributed by atoms with Crippen molar-refractivity contribution in [1.29, 1.82) is 0 Å². The number of fused-ring (bicyclic) bond motifs is 1. The second-order valence-corrected chi connectivity index (χ2v) is 5.42. The highest BCUT2D eigenvalue weighted by molar-refractivity contribution is 9.10. The Bertz CT molecular complexity index is 513. The average molecular weight is 329 g/mol. The fourth-order valence-corrected chi connectivity index (χ4v) is 2.64. The maximum absolute atomic E-state index is 10.4. The van der Waals surface area contributed by atoms with E-state index in [0.717, 1.165) is 5.57 Å². The molecular formula is C14H17BrO4. The fraction of sp³-hybridized carbons (Fsp3) is 0.429. The molecule has 1 heterocycles. The SMILES string of the molecule is C=C(C)[C@@H](C)[C@H](O)c1cc2c(c(OC)c1Br)OCO2. The van der Waals surface area contributed by atoms with E-state index in [2.05, 4.69) is 22.5 Å². The smallest absolute Gasteiger partial charge is 0.231 e. The van der Waals surface area contributed by atoms with Gasteiger partial charge in [0.05, 0.1) is 17.7 Å². The summed E-state index contributed by atoms with van der Waals surface area (Å²) in [5, 5.41) is 10.4. The molecule has 0 aromatic heterocycles. The summed E-state index contributed by atoms with van der Waals surface area (Å²) in [5.41, 5.74) is 1.62. The van der Waals surface area contributed by atoms with E-state index >= 15 is 0 Å². The van der Waals surface area contributed by atoms with Crippen LogP contribution in [0.1, 0.15) is 25.5 Å². The molecule has 1 aliphatic rings. The van der Waals surface area contributed by atoms with Gasteiger partial charge in [-0.3, -0.25) is 0 Å². The molecule has 5 heteroatoms. The van der Waals surface area contributed by atoms with Crippen LogP contribution in [-0.2, 0) is 0 Å². The van der Waals surface area contributed by atoms with Gasteiger partial charge in [-0.15, -0.1) is 0 Å². The number of ether oxygens (including phenoxy) is 3. The van der Waals surface area contributed by atoms with E-state index < -0.39 is 6.10 Å². The first-order valence-corrected chi connectivity index (χ1v) is 6.76. The largest absolute Gasteiger partial charge is 0.492 e. The highest BCUT2D eigenvalue weighted by Crippen LogP contribution is 2.49. The zero-order chi connectivity index (χ0) is 14.2. The Morgan fingerprint density at radius 3 is 2.79 bits per heavy atom. The topological polar surface area (TPSA) is 47.9 Å². The van der Waals surface area contributed by atoms with Gasteiger partial charge < -0.3 is 19.3 Å². The van der Waals surface area contributed by atoms with E-state index in [1.165, 1.54) is 0 Å². The molecule has 0 aliphatic carbocycles. The van der Waals surface area contributed by atoms with Crippen LogP contribution in [-0.4, -0.2) is 19.0 Å². The minimum Gasteiger partial charge on any atom is -0.492 e. The summed E-state index contributed by atoms with van der Waals surface area (Å²) in [6.07, 6.45) is -0.685. The summed E-state index contributed by atoms with van der Waals surface area (Å²) in [7, 11) is 1.56. The summed E-state index contributed by atoms with van der Waals surface area (Å²) >= 11 is 3.46. The predicted molar refractivity (Wildman–Crippen MR) is 75.8 cm³/mol. The van der Waals surface area contributed by atoms with Crippen LogP contribution in [0.25, 0.3) is 0 Å². The summed E-state index contributed by atoms with van der Waals surface area (Å²) in [4.78, 5) is 0. The van der Waals surface area contributed by atoms with Gasteiger partial charge in [0.15, 0.2) is 11.5 Å². The molecule has 19 heavy (non-hydrogen) atoms. The molecule has 0 fully saturated rings. The van der Waals surface area contributed by atoms with Crippen molar-refractivity contribution in [2.24, 2.45) is 5.92 Å². The predicted octanol–water partition coefficient (Wildman–Crippen LogP) is 3.43. The van der Waals surface area contributed by atoms with Crippen molar-refractivity contribution in [3.63, 3.8) is 0 Å². The van der Waals surface area contributed by atoms with E-state index in [9.17, 15) is 5.11 Å². The summed E-state index contributed by atoms with van der Waals surface area (Å²) < 4.78 is 16.8. The van der Waals surface area contributed by atoms with Gasteiger partial charge in [-0.2, -0.15) is 0 Å². The highest BCUT2D eigenvalue weighted by atomic mass is 79.9. The zero-order valence-corrected chi connectivity index (χ0v) is 12.8. The summed E-state index contributed by atoms with van der Waals surface area (Å²) in [6.45, 7) is 7.87. The number of aliphatic hydroxyl groups excluding tert-OH is 1. The standard InChI is InChI=1S/C14H17BrO4/c1-7(2)8(3)12(16)9-5-10-13(19-6-18-10)14(17-4)11(9)15/h5,8,12,16H,1,6H2,2-4H3/t8-,12+/m1/s1. The number of hydrogen-bond donors (Lipinski definition) is 1. The van der Waals surface area contributed by atoms with Crippen LogP contribution in [0.2, 0.25) is 0 Å². The maximum Gasteiger partial charge on any atom is 0.231 e. The molecule has 104 valence electrons. The van der Waals surface area contributed by atoms with E-state index in [0.29, 0.717) is 27.3 Å². The molecule has 0 bridgehead atoms. The second-order valence-electron chi connectivity index (χ2n) is 4.63. The van der Waals surface area contributed by atoms with E-state index in [1.54, 1.807) is 13.2 Å². The molecule has 0 saturated carbocycles. The number of halogens is 1. The first-order chi connectivity index (χ1) is 8.97. The van der Waals surface area contributed by atoms with Gasteiger partial charge in [-0.25, -0.2) is 0 Å². The molecule has 0 saturated heterocycles. The van der Waals surface area contributed by atoms with Crippen LogP contribution in [0.5, 0.6) is 17.2 Å². The number of benzene rings is 1. The number of hydrogen-bond acceptors (Lipinski definition) is 4. The van der Waals surface area contributed by atoms with E-state index in [4.69, 9.17) is 14.2 Å². The van der Waals surface area contributed by atoms with E-state index in [-0.39, 0.29) is 12.7 Å². The molecule has 2 atom stereocenters. The molecule has 4 nitrogen and oxygen atoms in total. The Kier molecular flexibility index (Phi) is 4.06. The monoisotopic (exact) mass is 328 g/mol. The van der Waals surface area contributed by atoms with Gasteiger partial charge in [0.25, 0.3) is 0 Å². The van der Waals surface area contributed by atoms with Gasteiger partial charge in [-0.1, -0.05) is 19.1 Å². The van der Waals surface area contributed by atoms with Crippen LogP contribution in [0.3, 0.4) is 0 Å². The summed E-state index contributed by atoms with van der Waals surface area (Å²) in [6, 6.07) is 1.78. The molecule has 1 N–H and O–H groups in total. The van der Waals surface area contributed by atoms with Gasteiger partial charge in [0.1, 0.15) is 0 Å². The molecule has 0 spiro atoms. The van der Waals surface area contributed by atoms with Crippen molar-refractivity contribution in [3.05, 3.63) is 28.3 Å². The number of methoxy groups -OCH3 is 1. The van der Waals surface area contributed by atoms with Crippen LogP contribution in [0.4, 0.5) is 0 Å². The first-order valence-electron chi connectivity index (χ1n) is 5.96. The Hall–Kier alpha value is -1.20. The molecular weight excluding hydrogens is 312 g/mol. The molecule has 0 radical (unpaired) electrons. The van der Waals surface area contributed by atoms with Crippen molar-refractivity contribution in [3.8, 4) is 17.2 Å². The average Bonchev–Trinajstić information content (AvgIpc) is 2.84. The quantitative estimate of drug-likeness (QED) is 0.860. The normalized spacial score (nSPS) is 16.1. The van der Waals surface area contributed by atoms with Gasteiger partial charge >= 0.3 is 0 Å². The van der Waals surface area contributed by atoms with Gasteiger partial charge in [0.2, 0.25) is 12.5 Å². The molecule has 2 rings (SSSR count). The molecule has 1 aromatic rings. The van der Waals surface area contributed by atoms with Crippen LogP contribution in [0, 0.1) is 5.92 Å². The first kappa shape index (κ1) is 14.2. The minimum atomic E-state index is -0.685. The third-order valence-corrected chi connectivity index (χ3v) is 4.18. The Morgan fingerprint density at radius 2 is 2.21 bits per heavy atom. The molecule has 1 aliphatic heterocycles. The Morgan fingerprint density at radius 1 is 1.53 bits per heavy atom. The summed E-state index contributed by atoms with van der Waals surface area (Å²) in [5.74, 6) is 1.62. The molecule has 1 aromatic carbocycles. The van der Waals surface area contributed by atoms with Gasteiger partial charge in [0, 0.05) is 11.5 Å². The third-order valence-electron chi connectivity index (χ3n) is 3.36. The van der Waals surface area contributed by atoms with Crippen molar-refractivity contribution >= 4 is 15.9 Å². The van der Waals surface area contributed by atoms with Crippen LogP contribution < -0.4 is 14.2 Å². The van der Waals surface area contributed by atoms with Crippen molar-refractivity contribution in [1.82, 2.24) is 0 Å². The number of aliphatic hydroxyl groups is 1. The minimum absolute atomic E-state index is 0.0682. The molecule has 0 amide bonds. The van der Waals surface area contributed by atoms with Crippen molar-refractivity contribution in [2.45, 2.75) is 20.0 Å². The lowest BCUT2D eigenvalue weighted by molar-refractivity contribution is 0.133. The third kappa shape index (κ3) is 2.44. The Labute approximate surface area is 121 Å². The van der Waals surface area contributed by atoms with Crippen molar-refractivity contribution < 1.29 is 19.3 Å². The Balaban J connectivity index is 2.50. The molecule has 0 unspecified atom stereocenters. The lowest BCUT2D eigenvalue weighted by Crippen LogP contribution is -2.11.